The first-order valence-corrected chi connectivity index (χ1v) is 8.45. The van der Waals surface area contributed by atoms with Gasteiger partial charge in [-0.1, -0.05) is 30.3 Å². The van der Waals surface area contributed by atoms with E-state index in [9.17, 15) is 15.2 Å². The molecule has 0 aromatic heterocycles. The highest BCUT2D eigenvalue weighted by Gasteiger charge is 2.11. The quantitative estimate of drug-likeness (QED) is 0.333. The highest BCUT2D eigenvalue weighted by Crippen LogP contribution is 2.23. The number of rotatable bonds is 6. The lowest BCUT2D eigenvalue weighted by molar-refractivity contribution is -0.112. The van der Waals surface area contributed by atoms with Gasteiger partial charge in [0.1, 0.15) is 28.9 Å². The van der Waals surface area contributed by atoms with Crippen molar-refractivity contribution in [3.05, 3.63) is 90.6 Å². The van der Waals surface area contributed by atoms with E-state index in [0.29, 0.717) is 11.4 Å². The van der Waals surface area contributed by atoms with Gasteiger partial charge in [-0.3, -0.25) is 4.79 Å². The number of ether oxygens (including phenoxy) is 1. The Labute approximate surface area is 162 Å². The summed E-state index contributed by atoms with van der Waals surface area (Å²) in [6.07, 6.45) is 1.31. The van der Waals surface area contributed by atoms with E-state index in [1.165, 1.54) is 12.3 Å². The molecule has 0 saturated carbocycles. The lowest BCUT2D eigenvalue weighted by Crippen LogP contribution is -2.14. The first-order valence-electron chi connectivity index (χ1n) is 8.45. The highest BCUT2D eigenvalue weighted by atomic mass is 16.5. The molecule has 0 fully saturated rings. The molecule has 28 heavy (non-hydrogen) atoms. The normalized spacial score (nSPS) is 10.6. The molecule has 0 atom stereocenters. The summed E-state index contributed by atoms with van der Waals surface area (Å²) in [5.74, 6) is 0.699. The van der Waals surface area contributed by atoms with Crippen molar-refractivity contribution >= 4 is 17.3 Å². The van der Waals surface area contributed by atoms with Crippen LogP contribution in [0.3, 0.4) is 0 Å². The van der Waals surface area contributed by atoms with Crippen molar-refractivity contribution in [1.82, 2.24) is 0 Å². The third-order valence-electron chi connectivity index (χ3n) is 3.73. The smallest absolute Gasteiger partial charge is 0.267 e. The summed E-state index contributed by atoms with van der Waals surface area (Å²) in [7, 11) is 0. The monoisotopic (exact) mass is 371 g/mol. The Hall–Kier alpha value is -4.24. The molecular formula is C22H17N3O3. The fourth-order valence-corrected chi connectivity index (χ4v) is 2.32. The predicted molar refractivity (Wildman–Crippen MR) is 107 cm³/mol. The molecular weight excluding hydrogens is 354 g/mol. The second kappa shape index (κ2) is 8.92. The zero-order valence-corrected chi connectivity index (χ0v) is 14.8. The van der Waals surface area contributed by atoms with Gasteiger partial charge in [0.15, 0.2) is 0 Å². The Morgan fingerprint density at radius 3 is 2.25 bits per heavy atom. The van der Waals surface area contributed by atoms with E-state index in [-0.39, 0.29) is 17.0 Å². The van der Waals surface area contributed by atoms with Crippen molar-refractivity contribution in [3.63, 3.8) is 0 Å². The second-order valence-electron chi connectivity index (χ2n) is 5.72. The number of phenolic OH excluding ortho intramolecular Hbond substituents is 1. The molecule has 138 valence electrons. The summed E-state index contributed by atoms with van der Waals surface area (Å²) in [6, 6.07) is 24.6. The summed E-state index contributed by atoms with van der Waals surface area (Å²) < 4.78 is 5.71. The molecule has 0 radical (unpaired) electrons. The minimum atomic E-state index is -0.625. The summed E-state index contributed by atoms with van der Waals surface area (Å²) in [6.45, 7) is 0. The SMILES string of the molecule is N#C/C(=C/Nc1ccc(Oc2ccccc2)cc1)C(=O)Nc1ccccc1O. The number of nitrogens with zero attached hydrogens (tertiary/aromatic N) is 1. The van der Waals surface area contributed by atoms with Crippen LogP contribution in [0.4, 0.5) is 11.4 Å². The molecule has 0 aliphatic heterocycles. The van der Waals surface area contributed by atoms with Gasteiger partial charge in [0.2, 0.25) is 0 Å². The number of hydrogen-bond acceptors (Lipinski definition) is 5. The van der Waals surface area contributed by atoms with Gasteiger partial charge >= 0.3 is 0 Å². The Morgan fingerprint density at radius 2 is 1.57 bits per heavy atom. The summed E-state index contributed by atoms with van der Waals surface area (Å²) in [5.41, 5.74) is 0.785. The largest absolute Gasteiger partial charge is 0.506 e. The molecule has 0 saturated heterocycles. The minimum absolute atomic E-state index is 0.0740. The highest BCUT2D eigenvalue weighted by molar-refractivity contribution is 6.07. The Balaban J connectivity index is 1.63. The molecule has 0 unspecified atom stereocenters. The van der Waals surface area contributed by atoms with Crippen molar-refractivity contribution < 1.29 is 14.6 Å². The second-order valence-corrected chi connectivity index (χ2v) is 5.72. The number of carbonyl (C=O) groups is 1. The van der Waals surface area contributed by atoms with Crippen molar-refractivity contribution in [2.75, 3.05) is 10.6 Å². The number of amides is 1. The molecule has 3 N–H and O–H groups in total. The third kappa shape index (κ3) is 4.90. The number of nitrogens with one attached hydrogen (secondary N) is 2. The lowest BCUT2D eigenvalue weighted by Gasteiger charge is -2.08. The average molecular weight is 371 g/mol. The molecule has 0 bridgehead atoms. The molecule has 0 spiro atoms. The molecule has 0 aliphatic carbocycles. The average Bonchev–Trinajstić information content (AvgIpc) is 2.72. The molecule has 0 heterocycles. The number of hydrogen-bond donors (Lipinski definition) is 3. The number of phenols is 1. The van der Waals surface area contributed by atoms with Crippen LogP contribution in [0.2, 0.25) is 0 Å². The molecule has 6 nitrogen and oxygen atoms in total. The topological polar surface area (TPSA) is 94.4 Å². The maximum Gasteiger partial charge on any atom is 0.267 e. The summed E-state index contributed by atoms with van der Waals surface area (Å²) in [5, 5.41) is 24.3. The summed E-state index contributed by atoms with van der Waals surface area (Å²) in [4.78, 5) is 12.2. The van der Waals surface area contributed by atoms with E-state index < -0.39 is 5.91 Å². The van der Waals surface area contributed by atoms with Gasteiger partial charge in [-0.15, -0.1) is 0 Å². The van der Waals surface area contributed by atoms with E-state index in [2.05, 4.69) is 10.6 Å². The maximum absolute atomic E-state index is 12.2. The standard InChI is InChI=1S/C22H17N3O3/c23-14-16(22(27)25-20-8-4-5-9-21(20)26)15-24-17-10-12-19(13-11-17)28-18-6-2-1-3-7-18/h1-13,15,24,26H,(H,25,27)/b16-15-. The van der Waals surface area contributed by atoms with Crippen LogP contribution >= 0.6 is 0 Å². The Morgan fingerprint density at radius 1 is 0.929 bits per heavy atom. The van der Waals surface area contributed by atoms with Crippen LogP contribution in [0.25, 0.3) is 0 Å². The van der Waals surface area contributed by atoms with Crippen molar-refractivity contribution in [2.24, 2.45) is 0 Å². The van der Waals surface area contributed by atoms with Gasteiger partial charge in [0.25, 0.3) is 5.91 Å². The zero-order valence-electron chi connectivity index (χ0n) is 14.8. The number of carbonyl (C=O) groups excluding carboxylic acids is 1. The fourth-order valence-electron chi connectivity index (χ4n) is 2.32. The molecule has 6 heteroatoms. The van der Waals surface area contributed by atoms with Crippen molar-refractivity contribution in [2.45, 2.75) is 0 Å². The molecule has 3 aromatic rings. The first-order chi connectivity index (χ1) is 13.7. The van der Waals surface area contributed by atoms with Gasteiger partial charge in [-0.05, 0) is 48.5 Å². The van der Waals surface area contributed by atoms with Crippen LogP contribution in [0.1, 0.15) is 0 Å². The van der Waals surface area contributed by atoms with Crippen molar-refractivity contribution in [3.8, 4) is 23.3 Å². The van der Waals surface area contributed by atoms with E-state index in [0.717, 1.165) is 5.75 Å². The molecule has 1 amide bonds. The lowest BCUT2D eigenvalue weighted by atomic mass is 10.2. The van der Waals surface area contributed by atoms with E-state index in [1.807, 2.05) is 36.4 Å². The number of nitriles is 1. The van der Waals surface area contributed by atoms with E-state index in [4.69, 9.17) is 4.74 Å². The molecule has 3 rings (SSSR count). The van der Waals surface area contributed by atoms with Gasteiger partial charge < -0.3 is 20.5 Å². The number of benzene rings is 3. The van der Waals surface area contributed by atoms with Crippen molar-refractivity contribution in [1.29, 1.82) is 5.26 Å². The first kappa shape index (κ1) is 18.5. The Kier molecular flexibility index (Phi) is 5.91. The van der Waals surface area contributed by atoms with Gasteiger partial charge in [0.05, 0.1) is 5.69 Å². The van der Waals surface area contributed by atoms with Crippen LogP contribution in [0.5, 0.6) is 17.2 Å². The Bertz CT molecular complexity index is 1020. The van der Waals surface area contributed by atoms with Gasteiger partial charge in [-0.2, -0.15) is 5.26 Å². The maximum atomic E-state index is 12.2. The zero-order chi connectivity index (χ0) is 19.8. The van der Waals surface area contributed by atoms with Gasteiger partial charge in [-0.25, -0.2) is 0 Å². The number of para-hydroxylation sites is 3. The van der Waals surface area contributed by atoms with Crippen LogP contribution in [0.15, 0.2) is 90.6 Å². The number of anilines is 2. The summed E-state index contributed by atoms with van der Waals surface area (Å²) >= 11 is 0. The third-order valence-corrected chi connectivity index (χ3v) is 3.73. The van der Waals surface area contributed by atoms with Gasteiger partial charge in [0, 0.05) is 11.9 Å². The van der Waals surface area contributed by atoms with Crippen LogP contribution in [-0.4, -0.2) is 11.0 Å². The molecule has 3 aromatic carbocycles. The van der Waals surface area contributed by atoms with Crippen LogP contribution in [0, 0.1) is 11.3 Å². The van der Waals surface area contributed by atoms with E-state index >= 15 is 0 Å². The van der Waals surface area contributed by atoms with Crippen LogP contribution < -0.4 is 15.4 Å². The van der Waals surface area contributed by atoms with E-state index in [1.54, 1.807) is 42.5 Å². The fraction of sp³-hybridized carbons (Fsp3) is 0. The molecule has 0 aliphatic rings. The minimum Gasteiger partial charge on any atom is -0.506 e. The van der Waals surface area contributed by atoms with Crippen LogP contribution in [-0.2, 0) is 4.79 Å². The predicted octanol–water partition coefficient (Wildman–Crippen LogP) is 4.64. The number of aromatic hydroxyl groups is 1.